The van der Waals surface area contributed by atoms with Gasteiger partial charge in [-0.3, -0.25) is 9.46 Å². The van der Waals surface area contributed by atoms with Gasteiger partial charge in [-0.2, -0.15) is 0 Å². The zero-order valence-corrected chi connectivity index (χ0v) is 20.5. The van der Waals surface area contributed by atoms with E-state index >= 15 is 0 Å². The van der Waals surface area contributed by atoms with E-state index in [9.17, 15) is 4.57 Å². The number of hydrogen-bond acceptors (Lipinski definition) is 9. The van der Waals surface area contributed by atoms with Crippen LogP contribution < -0.4 is 0 Å². The lowest BCUT2D eigenvalue weighted by Gasteiger charge is -2.22. The zero-order valence-electron chi connectivity index (χ0n) is 19.6. The summed E-state index contributed by atoms with van der Waals surface area (Å²) in [6.45, 7) is 13.0. The molecule has 31 heavy (non-hydrogen) atoms. The summed E-state index contributed by atoms with van der Waals surface area (Å²) in [7, 11) is -2.93. The topological polar surface area (TPSA) is 84.9 Å². The van der Waals surface area contributed by atoms with Crippen LogP contribution in [0.15, 0.2) is 0 Å². The molecule has 0 radical (unpaired) electrons. The maximum atomic E-state index is 12.5. The summed E-state index contributed by atoms with van der Waals surface area (Å²) in [5, 5.41) is 0. The molecule has 0 amide bonds. The summed E-state index contributed by atoms with van der Waals surface area (Å²) in [4.78, 5) is 2.35. The van der Waals surface area contributed by atoms with Crippen LogP contribution in [-0.4, -0.2) is 110 Å². The van der Waals surface area contributed by atoms with Gasteiger partial charge in [-0.05, 0) is 33.2 Å². The summed E-state index contributed by atoms with van der Waals surface area (Å²) in [5.41, 5.74) is 0. The van der Waals surface area contributed by atoms with E-state index < -0.39 is 7.60 Å². The third kappa shape index (κ3) is 17.1. The van der Waals surface area contributed by atoms with E-state index in [0.717, 1.165) is 38.9 Å². The van der Waals surface area contributed by atoms with Crippen LogP contribution in [0.1, 0.15) is 33.1 Å². The normalized spacial score (nSPS) is 20.2. The Kier molecular flexibility index (Phi) is 19.2. The minimum absolute atomic E-state index is 0.412. The van der Waals surface area contributed by atoms with Crippen LogP contribution in [0.2, 0.25) is 0 Å². The predicted octanol–water partition coefficient (Wildman–Crippen LogP) is 2.82. The first-order valence-electron chi connectivity index (χ1n) is 11.7. The largest absolute Gasteiger partial charge is 0.378 e. The fourth-order valence-corrected chi connectivity index (χ4v) is 4.81. The van der Waals surface area contributed by atoms with Gasteiger partial charge in [0, 0.05) is 13.1 Å². The second-order valence-corrected chi connectivity index (χ2v) is 9.32. The van der Waals surface area contributed by atoms with Crippen molar-refractivity contribution in [3.8, 4) is 0 Å². The number of nitrogens with zero attached hydrogens (tertiary/aromatic N) is 1. The van der Waals surface area contributed by atoms with Crippen molar-refractivity contribution in [2.75, 3.05) is 105 Å². The average molecular weight is 470 g/mol. The minimum Gasteiger partial charge on any atom is -0.378 e. The van der Waals surface area contributed by atoms with Crippen LogP contribution in [0.3, 0.4) is 0 Å². The Labute approximate surface area is 188 Å². The molecule has 0 aromatic carbocycles. The summed E-state index contributed by atoms with van der Waals surface area (Å²) >= 11 is 0. The van der Waals surface area contributed by atoms with Crippen molar-refractivity contribution in [3.63, 3.8) is 0 Å². The van der Waals surface area contributed by atoms with Gasteiger partial charge in [0.2, 0.25) is 0 Å². The van der Waals surface area contributed by atoms with Gasteiger partial charge < -0.3 is 32.7 Å². The fourth-order valence-electron chi connectivity index (χ4n) is 3.08. The van der Waals surface area contributed by atoms with E-state index in [0.29, 0.717) is 85.4 Å². The fraction of sp³-hybridized carbons (Fsp3) is 1.00. The molecule has 9 nitrogen and oxygen atoms in total. The Bertz CT molecular complexity index is 416. The first-order valence-corrected chi connectivity index (χ1v) is 13.4. The smallest absolute Gasteiger partial charge is 0.330 e. The molecule has 1 aliphatic heterocycles. The SMILES string of the molecule is CCOP(=O)(CCCCCN1CCOCCOCCOCCOCCOCC1)OCC. The summed E-state index contributed by atoms with van der Waals surface area (Å²) in [6.07, 6.45) is 3.30. The van der Waals surface area contributed by atoms with Crippen molar-refractivity contribution in [1.82, 2.24) is 4.90 Å². The number of rotatable bonds is 10. The van der Waals surface area contributed by atoms with Crippen LogP contribution in [0, 0.1) is 0 Å². The van der Waals surface area contributed by atoms with Crippen molar-refractivity contribution < 1.29 is 37.3 Å². The summed E-state index contributed by atoms with van der Waals surface area (Å²) < 4.78 is 51.0. The van der Waals surface area contributed by atoms with Gasteiger partial charge in [-0.25, -0.2) is 0 Å². The summed E-state index contributed by atoms with van der Waals surface area (Å²) in [5.74, 6) is 0. The lowest BCUT2D eigenvalue weighted by molar-refractivity contribution is -0.0185. The van der Waals surface area contributed by atoms with Gasteiger partial charge in [-0.15, -0.1) is 0 Å². The molecule has 1 aliphatic rings. The molecule has 0 bridgehead atoms. The Hall–Kier alpha value is -0.0900. The molecule has 0 spiro atoms. The molecule has 0 aliphatic carbocycles. The lowest BCUT2D eigenvalue weighted by Crippen LogP contribution is -2.32. The molecule has 1 rings (SSSR count). The van der Waals surface area contributed by atoms with Crippen molar-refractivity contribution in [2.24, 2.45) is 0 Å². The standard InChI is InChI=1S/C21H44NO8P/c1-3-29-31(23,30-4-2)21-7-5-6-8-22-9-11-24-13-15-26-17-19-28-20-18-27-16-14-25-12-10-22/h3-21H2,1-2H3. The van der Waals surface area contributed by atoms with E-state index in [-0.39, 0.29) is 0 Å². The van der Waals surface area contributed by atoms with Gasteiger partial charge in [0.1, 0.15) is 0 Å². The third-order valence-corrected chi connectivity index (χ3v) is 6.82. The molecule has 1 fully saturated rings. The highest BCUT2D eigenvalue weighted by Gasteiger charge is 2.22. The molecular weight excluding hydrogens is 425 g/mol. The van der Waals surface area contributed by atoms with Crippen LogP contribution >= 0.6 is 7.60 Å². The maximum absolute atomic E-state index is 12.5. The highest BCUT2D eigenvalue weighted by molar-refractivity contribution is 7.53. The molecule has 186 valence electrons. The maximum Gasteiger partial charge on any atom is 0.330 e. The summed E-state index contributed by atoms with van der Waals surface area (Å²) in [6, 6.07) is 0. The van der Waals surface area contributed by atoms with Crippen molar-refractivity contribution in [3.05, 3.63) is 0 Å². The van der Waals surface area contributed by atoms with Gasteiger partial charge in [0.15, 0.2) is 0 Å². The monoisotopic (exact) mass is 469 g/mol. The molecule has 10 heteroatoms. The molecule has 0 N–H and O–H groups in total. The predicted molar refractivity (Wildman–Crippen MR) is 120 cm³/mol. The van der Waals surface area contributed by atoms with Gasteiger partial charge >= 0.3 is 7.60 Å². The van der Waals surface area contributed by atoms with Crippen molar-refractivity contribution in [1.29, 1.82) is 0 Å². The Balaban J connectivity index is 2.29. The molecule has 0 saturated carbocycles. The second kappa shape index (κ2) is 20.5. The van der Waals surface area contributed by atoms with E-state index in [1.165, 1.54) is 0 Å². The molecule has 0 unspecified atom stereocenters. The van der Waals surface area contributed by atoms with Gasteiger partial charge in [-0.1, -0.05) is 6.42 Å². The van der Waals surface area contributed by atoms with Crippen LogP contribution in [0.4, 0.5) is 0 Å². The molecule has 0 aromatic heterocycles. The van der Waals surface area contributed by atoms with Crippen molar-refractivity contribution >= 4 is 7.60 Å². The Morgan fingerprint density at radius 1 is 0.645 bits per heavy atom. The molecule has 1 saturated heterocycles. The third-order valence-electron chi connectivity index (χ3n) is 4.65. The second-order valence-electron chi connectivity index (χ2n) is 7.13. The number of hydrogen-bond donors (Lipinski definition) is 0. The minimum atomic E-state index is -2.93. The van der Waals surface area contributed by atoms with E-state index in [2.05, 4.69) is 4.90 Å². The number of ether oxygens (including phenoxy) is 5. The van der Waals surface area contributed by atoms with Gasteiger partial charge in [0.05, 0.1) is 85.4 Å². The Morgan fingerprint density at radius 2 is 1.06 bits per heavy atom. The quantitative estimate of drug-likeness (QED) is 0.354. The number of unbranched alkanes of at least 4 members (excludes halogenated alkanes) is 2. The Morgan fingerprint density at radius 3 is 1.48 bits per heavy atom. The molecule has 1 heterocycles. The zero-order chi connectivity index (χ0) is 22.5. The van der Waals surface area contributed by atoms with E-state index in [1.54, 1.807) is 0 Å². The van der Waals surface area contributed by atoms with Crippen LogP contribution in [0.25, 0.3) is 0 Å². The molecule has 0 aromatic rings. The van der Waals surface area contributed by atoms with E-state index in [1.807, 2.05) is 13.8 Å². The molecular formula is C21H44NO8P. The highest BCUT2D eigenvalue weighted by Crippen LogP contribution is 2.48. The molecule has 0 atom stereocenters. The first-order chi connectivity index (χ1) is 15.2. The highest BCUT2D eigenvalue weighted by atomic mass is 31.2. The lowest BCUT2D eigenvalue weighted by atomic mass is 10.2. The van der Waals surface area contributed by atoms with Crippen LogP contribution in [0.5, 0.6) is 0 Å². The van der Waals surface area contributed by atoms with Gasteiger partial charge in [0.25, 0.3) is 0 Å². The average Bonchev–Trinajstić information content (AvgIpc) is 2.74. The van der Waals surface area contributed by atoms with E-state index in [4.69, 9.17) is 32.7 Å². The first kappa shape index (κ1) is 28.9. The van der Waals surface area contributed by atoms with Crippen LogP contribution in [-0.2, 0) is 37.3 Å². The van der Waals surface area contributed by atoms with Crippen molar-refractivity contribution in [2.45, 2.75) is 33.1 Å².